The Morgan fingerprint density at radius 3 is 2.91 bits per heavy atom. The van der Waals surface area contributed by atoms with Crippen LogP contribution in [0.4, 0.5) is 10.7 Å². The van der Waals surface area contributed by atoms with E-state index in [1.807, 2.05) is 12.1 Å². The monoisotopic (exact) mass is 329 g/mol. The van der Waals surface area contributed by atoms with Gasteiger partial charge in [0.05, 0.1) is 12.1 Å². The van der Waals surface area contributed by atoms with Crippen molar-refractivity contribution in [2.75, 3.05) is 16.8 Å². The predicted octanol–water partition coefficient (Wildman–Crippen LogP) is 2.63. The van der Waals surface area contributed by atoms with E-state index in [9.17, 15) is 9.59 Å². The average Bonchev–Trinajstić information content (AvgIpc) is 2.98. The molecule has 1 aromatic carbocycles. The van der Waals surface area contributed by atoms with Crippen LogP contribution >= 0.6 is 11.3 Å². The maximum absolute atomic E-state index is 12.4. The second-order valence-corrected chi connectivity index (χ2v) is 6.64. The first-order valence-corrected chi connectivity index (χ1v) is 8.46. The standard InChI is InChI=1S/C17H19N3O2S/c1-11-6-7-12-4-2-3-5-14(12)20(11)10-15(21)19-17-13(16(18)22)8-9-23-17/h2-5,8-9,11H,6-7,10H2,1H3,(H2,18,22)(H,19,21)/t11-/m0/s1. The van der Waals surface area contributed by atoms with E-state index < -0.39 is 5.91 Å². The van der Waals surface area contributed by atoms with Gasteiger partial charge < -0.3 is 16.0 Å². The van der Waals surface area contributed by atoms with E-state index in [1.54, 1.807) is 11.4 Å². The van der Waals surface area contributed by atoms with Gasteiger partial charge in [-0.3, -0.25) is 9.59 Å². The van der Waals surface area contributed by atoms with Gasteiger partial charge in [-0.05, 0) is 42.8 Å². The van der Waals surface area contributed by atoms with E-state index in [0.717, 1.165) is 18.5 Å². The van der Waals surface area contributed by atoms with Crippen molar-refractivity contribution in [1.82, 2.24) is 0 Å². The third kappa shape index (κ3) is 3.22. The van der Waals surface area contributed by atoms with Gasteiger partial charge in [-0.25, -0.2) is 0 Å². The quantitative estimate of drug-likeness (QED) is 0.905. The van der Waals surface area contributed by atoms with Gasteiger partial charge in [0.1, 0.15) is 5.00 Å². The summed E-state index contributed by atoms with van der Waals surface area (Å²) in [5, 5.41) is 5.07. The molecule has 0 unspecified atom stereocenters. The number of fused-ring (bicyclic) bond motifs is 1. The SMILES string of the molecule is C[C@H]1CCc2ccccc2N1CC(=O)Nc1sccc1C(N)=O. The zero-order valence-corrected chi connectivity index (χ0v) is 13.7. The van der Waals surface area contributed by atoms with Crippen LogP contribution in [-0.4, -0.2) is 24.4 Å². The highest BCUT2D eigenvalue weighted by molar-refractivity contribution is 7.14. The van der Waals surface area contributed by atoms with Crippen molar-refractivity contribution < 1.29 is 9.59 Å². The van der Waals surface area contributed by atoms with Crippen LogP contribution in [0.3, 0.4) is 0 Å². The van der Waals surface area contributed by atoms with Crippen molar-refractivity contribution in [2.24, 2.45) is 5.73 Å². The molecule has 3 N–H and O–H groups in total. The van der Waals surface area contributed by atoms with E-state index in [-0.39, 0.29) is 12.5 Å². The molecule has 23 heavy (non-hydrogen) atoms. The van der Waals surface area contributed by atoms with Crippen LogP contribution < -0.4 is 16.0 Å². The number of thiophene rings is 1. The molecule has 0 fully saturated rings. The zero-order chi connectivity index (χ0) is 16.4. The number of hydrogen-bond acceptors (Lipinski definition) is 4. The van der Waals surface area contributed by atoms with Crippen LogP contribution in [-0.2, 0) is 11.2 Å². The number of carbonyl (C=O) groups excluding carboxylic acids is 2. The summed E-state index contributed by atoms with van der Waals surface area (Å²) in [4.78, 5) is 25.9. The van der Waals surface area contributed by atoms with Crippen molar-refractivity contribution in [3.8, 4) is 0 Å². The van der Waals surface area contributed by atoms with Gasteiger partial charge in [0, 0.05) is 11.7 Å². The Kier molecular flexibility index (Phi) is 4.34. The zero-order valence-electron chi connectivity index (χ0n) is 12.9. The number of rotatable bonds is 4. The number of amides is 2. The minimum Gasteiger partial charge on any atom is -0.366 e. The molecule has 1 aliphatic rings. The Morgan fingerprint density at radius 2 is 2.13 bits per heavy atom. The third-order valence-corrected chi connectivity index (χ3v) is 4.99. The average molecular weight is 329 g/mol. The highest BCUT2D eigenvalue weighted by Gasteiger charge is 2.25. The summed E-state index contributed by atoms with van der Waals surface area (Å²) in [6, 6.07) is 10.1. The summed E-state index contributed by atoms with van der Waals surface area (Å²) in [6.45, 7) is 2.39. The van der Waals surface area contributed by atoms with Crippen LogP contribution in [0, 0.1) is 0 Å². The number of hydrogen-bond donors (Lipinski definition) is 2. The largest absolute Gasteiger partial charge is 0.366 e. The lowest BCUT2D eigenvalue weighted by Gasteiger charge is -2.36. The van der Waals surface area contributed by atoms with Crippen molar-refractivity contribution >= 4 is 33.8 Å². The number of primary amides is 1. The van der Waals surface area contributed by atoms with Crippen LogP contribution in [0.25, 0.3) is 0 Å². The highest BCUT2D eigenvalue weighted by Crippen LogP contribution is 2.30. The van der Waals surface area contributed by atoms with Crippen LogP contribution in [0.5, 0.6) is 0 Å². The van der Waals surface area contributed by atoms with Gasteiger partial charge in [-0.15, -0.1) is 11.3 Å². The Labute approximate surface area is 139 Å². The van der Waals surface area contributed by atoms with E-state index in [2.05, 4.69) is 29.3 Å². The Morgan fingerprint density at radius 1 is 1.35 bits per heavy atom. The first-order chi connectivity index (χ1) is 11.1. The number of nitrogens with one attached hydrogen (secondary N) is 1. The molecule has 120 valence electrons. The number of benzene rings is 1. The molecule has 3 rings (SSSR count). The molecule has 0 aliphatic carbocycles. The topological polar surface area (TPSA) is 75.4 Å². The van der Waals surface area contributed by atoms with Gasteiger partial charge >= 0.3 is 0 Å². The fraction of sp³-hybridized carbons (Fsp3) is 0.294. The molecule has 2 aromatic rings. The van der Waals surface area contributed by atoms with Crippen molar-refractivity contribution in [2.45, 2.75) is 25.8 Å². The first kappa shape index (κ1) is 15.6. The lowest BCUT2D eigenvalue weighted by Crippen LogP contribution is -2.42. The maximum atomic E-state index is 12.4. The summed E-state index contributed by atoms with van der Waals surface area (Å²) >= 11 is 1.30. The van der Waals surface area contributed by atoms with E-state index in [4.69, 9.17) is 5.73 Å². The smallest absolute Gasteiger partial charge is 0.251 e. The molecule has 0 spiro atoms. The minimum atomic E-state index is -0.529. The first-order valence-electron chi connectivity index (χ1n) is 7.58. The molecular weight excluding hydrogens is 310 g/mol. The molecule has 0 saturated carbocycles. The van der Waals surface area contributed by atoms with Crippen molar-refractivity contribution in [3.63, 3.8) is 0 Å². The molecule has 0 bridgehead atoms. The van der Waals surface area contributed by atoms with Crippen LogP contribution in [0.2, 0.25) is 0 Å². The minimum absolute atomic E-state index is 0.140. The van der Waals surface area contributed by atoms with Crippen molar-refractivity contribution in [3.05, 3.63) is 46.8 Å². The number of nitrogens with two attached hydrogens (primary N) is 1. The number of carbonyl (C=O) groups is 2. The summed E-state index contributed by atoms with van der Waals surface area (Å²) < 4.78 is 0. The van der Waals surface area contributed by atoms with Crippen LogP contribution in [0.15, 0.2) is 35.7 Å². The molecule has 2 heterocycles. The summed E-state index contributed by atoms with van der Waals surface area (Å²) in [5.74, 6) is -0.670. The lowest BCUT2D eigenvalue weighted by atomic mass is 9.97. The summed E-state index contributed by atoms with van der Waals surface area (Å²) in [6.07, 6.45) is 2.06. The summed E-state index contributed by atoms with van der Waals surface area (Å²) in [5.41, 5.74) is 8.05. The Hall–Kier alpha value is -2.34. The molecule has 6 heteroatoms. The maximum Gasteiger partial charge on any atom is 0.251 e. The Bertz CT molecular complexity index is 741. The van der Waals surface area contributed by atoms with Crippen LogP contribution in [0.1, 0.15) is 29.3 Å². The van der Waals surface area contributed by atoms with E-state index in [1.165, 1.54) is 16.9 Å². The number of nitrogens with zero attached hydrogens (tertiary/aromatic N) is 1. The molecule has 0 saturated heterocycles. The third-order valence-electron chi connectivity index (χ3n) is 4.16. The molecule has 1 atom stereocenters. The molecule has 2 amide bonds. The molecule has 1 aliphatic heterocycles. The normalized spacial score (nSPS) is 16.7. The number of para-hydroxylation sites is 1. The predicted molar refractivity (Wildman–Crippen MR) is 93.0 cm³/mol. The molecule has 1 aromatic heterocycles. The van der Waals surface area contributed by atoms with Gasteiger partial charge in [0.15, 0.2) is 0 Å². The fourth-order valence-electron chi connectivity index (χ4n) is 2.92. The van der Waals surface area contributed by atoms with E-state index >= 15 is 0 Å². The molecular formula is C17H19N3O2S. The van der Waals surface area contributed by atoms with Gasteiger partial charge in [-0.2, -0.15) is 0 Å². The number of aryl methyl sites for hydroxylation is 1. The molecule has 5 nitrogen and oxygen atoms in total. The van der Waals surface area contributed by atoms with Gasteiger partial charge in [0.2, 0.25) is 5.91 Å². The van der Waals surface area contributed by atoms with Gasteiger partial charge in [0.25, 0.3) is 5.91 Å². The Balaban J connectivity index is 1.75. The van der Waals surface area contributed by atoms with E-state index in [0.29, 0.717) is 16.6 Å². The molecule has 0 radical (unpaired) electrons. The second-order valence-electron chi connectivity index (χ2n) is 5.72. The fourth-order valence-corrected chi connectivity index (χ4v) is 3.73. The lowest BCUT2D eigenvalue weighted by molar-refractivity contribution is -0.115. The van der Waals surface area contributed by atoms with Crippen molar-refractivity contribution in [1.29, 1.82) is 0 Å². The number of anilines is 2. The summed E-state index contributed by atoms with van der Waals surface area (Å²) in [7, 11) is 0. The van der Waals surface area contributed by atoms with Gasteiger partial charge in [-0.1, -0.05) is 18.2 Å². The second kappa shape index (κ2) is 6.42. The highest BCUT2D eigenvalue weighted by atomic mass is 32.1.